The van der Waals surface area contributed by atoms with E-state index in [1.54, 1.807) is 4.98 Å². The first-order chi connectivity index (χ1) is 6.83. The van der Waals surface area contributed by atoms with Gasteiger partial charge in [-0.3, -0.25) is 4.79 Å². The summed E-state index contributed by atoms with van der Waals surface area (Å²) in [6.45, 7) is 0. The van der Waals surface area contributed by atoms with Crippen LogP contribution >= 0.6 is 0 Å². The second-order valence-electron chi connectivity index (χ2n) is 2.38. The smallest absolute Gasteiger partial charge is 0.503 e. The molecule has 0 aliphatic heterocycles. The van der Waals surface area contributed by atoms with Crippen LogP contribution in [-0.4, -0.2) is 16.5 Å². The Balaban J connectivity index is 3.24. The van der Waals surface area contributed by atoms with Crippen molar-refractivity contribution < 1.29 is 23.0 Å². The molecule has 0 saturated heterocycles. The molecule has 0 saturated carbocycles. The van der Waals surface area contributed by atoms with Crippen molar-refractivity contribution in [2.75, 3.05) is 0 Å². The largest absolute Gasteiger partial charge is 0.573 e. The monoisotopic (exact) mass is 220 g/mol. The SMILES string of the molecule is N#Cc1[nH]c(=O)c(O)cc1OC(F)(F)F. The normalized spacial score (nSPS) is 10.8. The van der Waals surface area contributed by atoms with Gasteiger partial charge in [-0.05, 0) is 0 Å². The van der Waals surface area contributed by atoms with Crippen molar-refractivity contribution in [2.24, 2.45) is 0 Å². The van der Waals surface area contributed by atoms with Crippen LogP contribution in [0, 0.1) is 11.3 Å². The zero-order chi connectivity index (χ0) is 11.6. The molecule has 1 rings (SSSR count). The number of ether oxygens (including phenoxy) is 1. The van der Waals surface area contributed by atoms with Crippen molar-refractivity contribution in [2.45, 2.75) is 6.36 Å². The lowest BCUT2D eigenvalue weighted by Crippen LogP contribution is -2.19. The molecule has 15 heavy (non-hydrogen) atoms. The van der Waals surface area contributed by atoms with Crippen molar-refractivity contribution in [3.05, 3.63) is 22.1 Å². The lowest BCUT2D eigenvalue weighted by atomic mass is 10.3. The molecule has 1 aromatic rings. The van der Waals surface area contributed by atoms with Crippen LogP contribution < -0.4 is 10.3 Å². The summed E-state index contributed by atoms with van der Waals surface area (Å²) >= 11 is 0. The molecular formula is C7H3F3N2O3. The fraction of sp³-hybridized carbons (Fsp3) is 0.143. The molecule has 0 aliphatic rings. The van der Waals surface area contributed by atoms with Crippen molar-refractivity contribution in [1.29, 1.82) is 5.26 Å². The van der Waals surface area contributed by atoms with Gasteiger partial charge in [0.2, 0.25) is 0 Å². The van der Waals surface area contributed by atoms with Crippen LogP contribution in [0.15, 0.2) is 10.9 Å². The Kier molecular flexibility index (Phi) is 2.57. The molecule has 0 radical (unpaired) electrons. The Bertz CT molecular complexity index is 472. The van der Waals surface area contributed by atoms with Crippen LogP contribution in [0.5, 0.6) is 11.5 Å². The minimum atomic E-state index is -5.00. The van der Waals surface area contributed by atoms with Gasteiger partial charge in [0.05, 0.1) is 0 Å². The minimum Gasteiger partial charge on any atom is -0.503 e. The molecule has 8 heteroatoms. The van der Waals surface area contributed by atoms with Gasteiger partial charge in [0, 0.05) is 6.07 Å². The number of nitrogens with zero attached hydrogens (tertiary/aromatic N) is 1. The van der Waals surface area contributed by atoms with Gasteiger partial charge < -0.3 is 14.8 Å². The van der Waals surface area contributed by atoms with Crippen LogP contribution in [0.1, 0.15) is 5.69 Å². The van der Waals surface area contributed by atoms with Gasteiger partial charge in [-0.25, -0.2) is 0 Å². The molecule has 80 valence electrons. The first-order valence-electron chi connectivity index (χ1n) is 3.45. The average Bonchev–Trinajstić information content (AvgIpc) is 2.08. The second-order valence-corrected chi connectivity index (χ2v) is 2.38. The van der Waals surface area contributed by atoms with Gasteiger partial charge in [-0.15, -0.1) is 13.2 Å². The van der Waals surface area contributed by atoms with Crippen molar-refractivity contribution in [3.8, 4) is 17.6 Å². The van der Waals surface area contributed by atoms with E-state index < -0.39 is 29.1 Å². The third-order valence-corrected chi connectivity index (χ3v) is 1.32. The predicted molar refractivity (Wildman–Crippen MR) is 40.1 cm³/mol. The summed E-state index contributed by atoms with van der Waals surface area (Å²) in [5, 5.41) is 17.2. The summed E-state index contributed by atoms with van der Waals surface area (Å²) in [4.78, 5) is 12.4. The Morgan fingerprint density at radius 3 is 2.60 bits per heavy atom. The molecule has 1 heterocycles. The topological polar surface area (TPSA) is 86.1 Å². The Labute approximate surface area is 80.3 Å². The van der Waals surface area contributed by atoms with Gasteiger partial charge >= 0.3 is 6.36 Å². The van der Waals surface area contributed by atoms with Crippen LogP contribution in [0.25, 0.3) is 0 Å². The molecule has 0 aliphatic carbocycles. The molecule has 0 fully saturated rings. The number of H-pyrrole nitrogens is 1. The number of halogens is 3. The number of aromatic amines is 1. The van der Waals surface area contributed by atoms with Crippen LogP contribution in [0.4, 0.5) is 13.2 Å². The van der Waals surface area contributed by atoms with E-state index in [4.69, 9.17) is 10.4 Å². The van der Waals surface area contributed by atoms with Gasteiger partial charge in [-0.1, -0.05) is 0 Å². The number of hydrogen-bond acceptors (Lipinski definition) is 4. The van der Waals surface area contributed by atoms with Crippen molar-refractivity contribution >= 4 is 0 Å². The van der Waals surface area contributed by atoms with E-state index >= 15 is 0 Å². The lowest BCUT2D eigenvalue weighted by Gasteiger charge is -2.09. The van der Waals surface area contributed by atoms with E-state index in [9.17, 15) is 18.0 Å². The van der Waals surface area contributed by atoms with E-state index in [1.807, 2.05) is 0 Å². The highest BCUT2D eigenvalue weighted by Crippen LogP contribution is 2.25. The standard InChI is InChI=1S/C7H3F3N2O3/c8-7(9,10)15-5-1-4(13)6(14)12-3(5)2-11/h1,13H,(H,12,14). The highest BCUT2D eigenvalue weighted by molar-refractivity contribution is 5.41. The molecule has 0 spiro atoms. The molecular weight excluding hydrogens is 217 g/mol. The van der Waals surface area contributed by atoms with Crippen molar-refractivity contribution in [1.82, 2.24) is 4.98 Å². The number of nitrogens with one attached hydrogen (secondary N) is 1. The highest BCUT2D eigenvalue weighted by atomic mass is 19.4. The summed E-state index contributed by atoms with van der Waals surface area (Å²) in [6, 6.07) is 1.72. The molecule has 0 unspecified atom stereocenters. The lowest BCUT2D eigenvalue weighted by molar-refractivity contribution is -0.274. The van der Waals surface area contributed by atoms with E-state index in [-0.39, 0.29) is 0 Å². The molecule has 0 bridgehead atoms. The average molecular weight is 220 g/mol. The summed E-state index contributed by atoms with van der Waals surface area (Å²) in [5.74, 6) is -1.92. The third kappa shape index (κ3) is 2.63. The summed E-state index contributed by atoms with van der Waals surface area (Å²) in [7, 11) is 0. The first kappa shape index (κ1) is 10.9. The molecule has 0 amide bonds. The maximum Gasteiger partial charge on any atom is 0.573 e. The van der Waals surface area contributed by atoms with Gasteiger partial charge in [-0.2, -0.15) is 5.26 Å². The van der Waals surface area contributed by atoms with E-state index in [1.165, 1.54) is 6.07 Å². The Hall–Kier alpha value is -2.17. The fourth-order valence-electron chi connectivity index (χ4n) is 0.789. The third-order valence-electron chi connectivity index (χ3n) is 1.32. The van der Waals surface area contributed by atoms with Crippen LogP contribution in [-0.2, 0) is 0 Å². The number of rotatable bonds is 1. The molecule has 0 aromatic carbocycles. The van der Waals surface area contributed by atoms with E-state index in [2.05, 4.69) is 4.74 Å². The number of hydrogen-bond donors (Lipinski definition) is 2. The number of pyridine rings is 1. The maximum absolute atomic E-state index is 11.8. The molecule has 5 nitrogen and oxygen atoms in total. The quantitative estimate of drug-likeness (QED) is 0.734. The summed E-state index contributed by atoms with van der Waals surface area (Å²) in [5.41, 5.74) is -1.78. The Morgan fingerprint density at radius 2 is 2.13 bits per heavy atom. The van der Waals surface area contributed by atoms with Gasteiger partial charge in [0.15, 0.2) is 17.2 Å². The molecule has 0 atom stereocenters. The highest BCUT2D eigenvalue weighted by Gasteiger charge is 2.32. The van der Waals surface area contributed by atoms with E-state index in [0.29, 0.717) is 6.07 Å². The number of nitriles is 1. The number of aromatic hydroxyl groups is 1. The van der Waals surface area contributed by atoms with E-state index in [0.717, 1.165) is 0 Å². The van der Waals surface area contributed by atoms with Gasteiger partial charge in [0.1, 0.15) is 6.07 Å². The predicted octanol–water partition coefficient (Wildman–Crippen LogP) is 0.851. The maximum atomic E-state index is 11.8. The first-order valence-corrected chi connectivity index (χ1v) is 3.45. The summed E-state index contributed by atoms with van der Waals surface area (Å²) in [6.07, 6.45) is -5.00. The number of aromatic nitrogens is 1. The van der Waals surface area contributed by atoms with Crippen LogP contribution in [0.3, 0.4) is 0 Å². The number of alkyl halides is 3. The second kappa shape index (κ2) is 3.53. The Morgan fingerprint density at radius 1 is 1.53 bits per heavy atom. The zero-order valence-corrected chi connectivity index (χ0v) is 6.92. The van der Waals surface area contributed by atoms with Crippen molar-refractivity contribution in [3.63, 3.8) is 0 Å². The van der Waals surface area contributed by atoms with Gasteiger partial charge in [0.25, 0.3) is 5.56 Å². The molecule has 1 aromatic heterocycles. The minimum absolute atomic E-state index is 0.422. The fourth-order valence-corrected chi connectivity index (χ4v) is 0.789. The molecule has 2 N–H and O–H groups in total. The van der Waals surface area contributed by atoms with Crippen LogP contribution in [0.2, 0.25) is 0 Å². The zero-order valence-electron chi connectivity index (χ0n) is 6.92. The summed E-state index contributed by atoms with van der Waals surface area (Å²) < 4.78 is 38.8.